The molecule has 3 rings (SSSR count). The molecule has 0 radical (unpaired) electrons. The lowest BCUT2D eigenvalue weighted by atomic mass is 10.1. The molecule has 1 aromatic heterocycles. The topological polar surface area (TPSA) is 53.1 Å². The molecule has 5 nitrogen and oxygen atoms in total. The first-order chi connectivity index (χ1) is 13.1. The highest BCUT2D eigenvalue weighted by Gasteiger charge is 2.08. The van der Waals surface area contributed by atoms with Gasteiger partial charge >= 0.3 is 0 Å². The van der Waals surface area contributed by atoms with Crippen molar-refractivity contribution in [1.82, 2.24) is 14.9 Å². The summed E-state index contributed by atoms with van der Waals surface area (Å²) >= 11 is 2.32. The molecule has 0 aliphatic rings. The van der Waals surface area contributed by atoms with Crippen LogP contribution in [-0.2, 0) is 0 Å². The SMILES string of the molecule is CN(C)CCCNc1nc(Nc2ccccc2I)cc(-c2ccccc2)n1. The first-order valence-corrected chi connectivity index (χ1v) is 10.0. The Bertz CT molecular complexity index is 867. The van der Waals surface area contributed by atoms with Gasteiger partial charge in [-0.05, 0) is 61.8 Å². The van der Waals surface area contributed by atoms with Crippen molar-refractivity contribution in [3.63, 3.8) is 0 Å². The number of aromatic nitrogens is 2. The number of rotatable bonds is 8. The van der Waals surface area contributed by atoms with E-state index in [2.05, 4.69) is 81.5 Å². The van der Waals surface area contributed by atoms with Crippen LogP contribution in [0.15, 0.2) is 60.7 Å². The van der Waals surface area contributed by atoms with Crippen LogP contribution < -0.4 is 10.6 Å². The van der Waals surface area contributed by atoms with E-state index in [1.165, 1.54) is 0 Å². The maximum Gasteiger partial charge on any atom is 0.225 e. The van der Waals surface area contributed by atoms with Gasteiger partial charge in [-0.3, -0.25) is 0 Å². The zero-order valence-corrected chi connectivity index (χ0v) is 17.8. The van der Waals surface area contributed by atoms with Crippen molar-refractivity contribution in [1.29, 1.82) is 0 Å². The van der Waals surface area contributed by atoms with Crippen LogP contribution in [0.2, 0.25) is 0 Å². The number of para-hydroxylation sites is 1. The number of hydrogen-bond donors (Lipinski definition) is 2. The Morgan fingerprint density at radius 1 is 0.963 bits per heavy atom. The van der Waals surface area contributed by atoms with Crippen LogP contribution in [0.3, 0.4) is 0 Å². The number of nitrogens with zero attached hydrogens (tertiary/aromatic N) is 3. The van der Waals surface area contributed by atoms with E-state index in [1.807, 2.05) is 36.4 Å². The zero-order chi connectivity index (χ0) is 19.1. The van der Waals surface area contributed by atoms with E-state index in [0.717, 1.165) is 45.8 Å². The molecule has 140 valence electrons. The van der Waals surface area contributed by atoms with Crippen molar-refractivity contribution in [2.24, 2.45) is 0 Å². The number of halogens is 1. The molecule has 1 heterocycles. The van der Waals surface area contributed by atoms with Gasteiger partial charge in [0.1, 0.15) is 5.82 Å². The molecular weight excluding hydrogens is 449 g/mol. The van der Waals surface area contributed by atoms with E-state index in [4.69, 9.17) is 4.98 Å². The normalized spacial score (nSPS) is 10.8. The van der Waals surface area contributed by atoms with Crippen molar-refractivity contribution in [3.05, 3.63) is 64.2 Å². The smallest absolute Gasteiger partial charge is 0.225 e. The molecule has 6 heteroatoms. The Hall–Kier alpha value is -2.19. The number of nitrogens with one attached hydrogen (secondary N) is 2. The third-order valence-electron chi connectivity index (χ3n) is 4.00. The van der Waals surface area contributed by atoms with Crippen LogP contribution in [0.5, 0.6) is 0 Å². The second-order valence-electron chi connectivity index (χ2n) is 6.52. The van der Waals surface area contributed by atoms with E-state index < -0.39 is 0 Å². The molecule has 0 aliphatic heterocycles. The Labute approximate surface area is 174 Å². The molecule has 0 bridgehead atoms. The first kappa shape index (κ1) is 19.6. The summed E-state index contributed by atoms with van der Waals surface area (Å²) in [4.78, 5) is 11.5. The summed E-state index contributed by atoms with van der Waals surface area (Å²) in [5.41, 5.74) is 3.01. The lowest BCUT2D eigenvalue weighted by Gasteiger charge is -2.13. The van der Waals surface area contributed by atoms with Gasteiger partial charge in [0.15, 0.2) is 0 Å². The Morgan fingerprint density at radius 2 is 1.70 bits per heavy atom. The molecule has 0 saturated heterocycles. The molecule has 0 fully saturated rings. The average molecular weight is 473 g/mol. The summed E-state index contributed by atoms with van der Waals surface area (Å²) in [5.74, 6) is 1.42. The van der Waals surface area contributed by atoms with Crippen LogP contribution in [0.4, 0.5) is 17.5 Å². The van der Waals surface area contributed by atoms with E-state index >= 15 is 0 Å². The largest absolute Gasteiger partial charge is 0.354 e. The highest BCUT2D eigenvalue weighted by molar-refractivity contribution is 14.1. The fraction of sp³-hybridized carbons (Fsp3) is 0.238. The fourth-order valence-corrected chi connectivity index (χ4v) is 3.17. The van der Waals surface area contributed by atoms with Crippen molar-refractivity contribution < 1.29 is 0 Å². The van der Waals surface area contributed by atoms with Gasteiger partial charge in [-0.15, -0.1) is 0 Å². The quantitative estimate of drug-likeness (QED) is 0.362. The first-order valence-electron chi connectivity index (χ1n) is 8.96. The van der Waals surface area contributed by atoms with Crippen LogP contribution in [-0.4, -0.2) is 42.1 Å². The maximum absolute atomic E-state index is 4.71. The second-order valence-corrected chi connectivity index (χ2v) is 7.68. The highest BCUT2D eigenvalue weighted by atomic mass is 127. The zero-order valence-electron chi connectivity index (χ0n) is 15.6. The molecule has 2 aromatic carbocycles. The molecule has 0 spiro atoms. The number of hydrogen-bond acceptors (Lipinski definition) is 5. The van der Waals surface area contributed by atoms with Gasteiger partial charge in [-0.2, -0.15) is 4.98 Å². The maximum atomic E-state index is 4.71. The molecule has 27 heavy (non-hydrogen) atoms. The summed E-state index contributed by atoms with van der Waals surface area (Å²) in [6, 6.07) is 20.3. The minimum Gasteiger partial charge on any atom is -0.354 e. The number of benzene rings is 2. The van der Waals surface area contributed by atoms with Crippen LogP contribution in [0.25, 0.3) is 11.3 Å². The number of anilines is 3. The van der Waals surface area contributed by atoms with Crippen LogP contribution in [0.1, 0.15) is 6.42 Å². The lowest BCUT2D eigenvalue weighted by Crippen LogP contribution is -2.17. The lowest BCUT2D eigenvalue weighted by molar-refractivity contribution is 0.405. The third-order valence-corrected chi connectivity index (χ3v) is 4.94. The summed E-state index contributed by atoms with van der Waals surface area (Å²) in [7, 11) is 4.16. The summed E-state index contributed by atoms with van der Waals surface area (Å²) in [6.07, 6.45) is 1.03. The van der Waals surface area contributed by atoms with Gasteiger partial charge in [-0.25, -0.2) is 4.98 Å². The van der Waals surface area contributed by atoms with Crippen molar-refractivity contribution in [3.8, 4) is 11.3 Å². The minimum absolute atomic E-state index is 0.642. The third kappa shape index (κ3) is 5.90. The molecular formula is C21H24IN5. The molecule has 0 saturated carbocycles. The molecule has 0 atom stereocenters. The molecule has 0 unspecified atom stereocenters. The second kappa shape index (κ2) is 9.66. The Kier molecular flexibility index (Phi) is 7.00. The predicted octanol–water partition coefficient (Wildman–Crippen LogP) is 4.86. The van der Waals surface area contributed by atoms with Gasteiger partial charge in [0.2, 0.25) is 5.95 Å². The van der Waals surface area contributed by atoms with Crippen molar-refractivity contribution in [2.75, 3.05) is 37.8 Å². The summed E-state index contributed by atoms with van der Waals surface area (Å²) < 4.78 is 1.15. The minimum atomic E-state index is 0.642. The summed E-state index contributed by atoms with van der Waals surface area (Å²) in [5, 5.41) is 6.78. The van der Waals surface area contributed by atoms with Gasteiger partial charge in [0.05, 0.1) is 11.4 Å². The molecule has 0 aliphatic carbocycles. The summed E-state index contributed by atoms with van der Waals surface area (Å²) in [6.45, 7) is 1.86. The fourth-order valence-electron chi connectivity index (χ4n) is 2.64. The Morgan fingerprint density at radius 3 is 2.44 bits per heavy atom. The monoisotopic (exact) mass is 473 g/mol. The van der Waals surface area contributed by atoms with Crippen LogP contribution in [0, 0.1) is 3.57 Å². The predicted molar refractivity (Wildman–Crippen MR) is 122 cm³/mol. The van der Waals surface area contributed by atoms with E-state index in [9.17, 15) is 0 Å². The van der Waals surface area contributed by atoms with Gasteiger partial charge in [0, 0.05) is 21.7 Å². The average Bonchev–Trinajstić information content (AvgIpc) is 2.67. The Balaban J connectivity index is 1.85. The van der Waals surface area contributed by atoms with E-state index in [-0.39, 0.29) is 0 Å². The van der Waals surface area contributed by atoms with Gasteiger partial charge in [0.25, 0.3) is 0 Å². The van der Waals surface area contributed by atoms with Crippen molar-refractivity contribution >= 4 is 40.0 Å². The highest BCUT2D eigenvalue weighted by Crippen LogP contribution is 2.25. The van der Waals surface area contributed by atoms with Gasteiger partial charge in [-0.1, -0.05) is 42.5 Å². The molecule has 2 N–H and O–H groups in total. The van der Waals surface area contributed by atoms with Crippen molar-refractivity contribution in [2.45, 2.75) is 6.42 Å². The van der Waals surface area contributed by atoms with Crippen LogP contribution >= 0.6 is 22.6 Å². The van der Waals surface area contributed by atoms with E-state index in [0.29, 0.717) is 5.95 Å². The standard InChI is InChI=1S/C21H24IN5/c1-27(2)14-8-13-23-21-25-19(16-9-4-3-5-10-16)15-20(26-21)24-18-12-7-6-11-17(18)22/h3-7,9-12,15H,8,13-14H2,1-2H3,(H2,23,24,25,26). The molecule has 0 amide bonds. The van der Waals surface area contributed by atoms with E-state index in [1.54, 1.807) is 0 Å². The molecule has 3 aromatic rings. The van der Waals surface area contributed by atoms with Gasteiger partial charge < -0.3 is 15.5 Å².